The highest BCUT2D eigenvalue weighted by Crippen LogP contribution is 2.25. The molecule has 102 valence electrons. The minimum Gasteiger partial charge on any atom is -0.469 e. The van der Waals surface area contributed by atoms with Crippen molar-refractivity contribution in [3.8, 4) is 0 Å². The third kappa shape index (κ3) is 3.27. The van der Waals surface area contributed by atoms with Gasteiger partial charge in [-0.3, -0.25) is 0 Å². The molecule has 2 heteroatoms. The average molecular weight is 258 g/mol. The van der Waals surface area contributed by atoms with E-state index in [1.807, 2.05) is 13.0 Å². The summed E-state index contributed by atoms with van der Waals surface area (Å²) in [6.07, 6.45) is 1.74. The normalized spacial score (nSPS) is 13.5. The Morgan fingerprint density at radius 2 is 1.74 bits per heavy atom. The number of furan rings is 1. The predicted octanol–water partition coefficient (Wildman–Crippen LogP) is 4.16. The minimum atomic E-state index is -0.501. The lowest BCUT2D eigenvalue weighted by Crippen LogP contribution is -2.11. The van der Waals surface area contributed by atoms with Gasteiger partial charge in [0.25, 0.3) is 0 Å². The van der Waals surface area contributed by atoms with Gasteiger partial charge in [-0.05, 0) is 29.5 Å². The zero-order valence-electron chi connectivity index (χ0n) is 12.1. The molecule has 0 fully saturated rings. The fourth-order valence-electron chi connectivity index (χ4n) is 2.21. The summed E-state index contributed by atoms with van der Waals surface area (Å²) >= 11 is 0. The van der Waals surface area contributed by atoms with E-state index in [1.165, 1.54) is 5.56 Å². The first kappa shape index (κ1) is 13.9. The second-order valence-electron chi connectivity index (χ2n) is 6.10. The summed E-state index contributed by atoms with van der Waals surface area (Å²) < 4.78 is 5.23. The summed E-state index contributed by atoms with van der Waals surface area (Å²) in [5.41, 5.74) is 3.49. The molecule has 0 spiro atoms. The van der Waals surface area contributed by atoms with Gasteiger partial charge in [0.05, 0.1) is 12.4 Å². The molecule has 0 aliphatic heterocycles. The molecule has 1 N–H and O–H groups in total. The van der Waals surface area contributed by atoms with Crippen molar-refractivity contribution in [3.05, 3.63) is 59.0 Å². The van der Waals surface area contributed by atoms with E-state index in [0.29, 0.717) is 6.42 Å². The molecule has 2 rings (SSSR count). The van der Waals surface area contributed by atoms with Crippen LogP contribution in [0.1, 0.15) is 49.3 Å². The molecule has 0 radical (unpaired) electrons. The van der Waals surface area contributed by atoms with Crippen molar-refractivity contribution in [2.75, 3.05) is 0 Å². The first-order valence-electron chi connectivity index (χ1n) is 6.69. The van der Waals surface area contributed by atoms with Gasteiger partial charge in [0.15, 0.2) is 0 Å². The van der Waals surface area contributed by atoms with Crippen LogP contribution in [0.3, 0.4) is 0 Å². The van der Waals surface area contributed by atoms with Crippen molar-refractivity contribution in [2.45, 2.75) is 45.6 Å². The highest BCUT2D eigenvalue weighted by molar-refractivity contribution is 5.29. The standard InChI is InChI=1S/C17H22O2/c1-12-15(9-10-19-12)16(18)11-13-5-7-14(8-6-13)17(2,3)4/h5-10,16,18H,11H2,1-4H3. The molecule has 1 heterocycles. The Morgan fingerprint density at radius 1 is 1.11 bits per heavy atom. The lowest BCUT2D eigenvalue weighted by Gasteiger charge is -2.19. The summed E-state index contributed by atoms with van der Waals surface area (Å²) in [7, 11) is 0. The van der Waals surface area contributed by atoms with Crippen molar-refractivity contribution >= 4 is 0 Å². The molecule has 19 heavy (non-hydrogen) atoms. The van der Waals surface area contributed by atoms with Crippen LogP contribution in [0, 0.1) is 6.92 Å². The van der Waals surface area contributed by atoms with Gasteiger partial charge in [-0.15, -0.1) is 0 Å². The lowest BCUT2D eigenvalue weighted by molar-refractivity contribution is 0.176. The number of aryl methyl sites for hydroxylation is 1. The van der Waals surface area contributed by atoms with Crippen molar-refractivity contribution in [1.29, 1.82) is 0 Å². The minimum absolute atomic E-state index is 0.165. The zero-order valence-corrected chi connectivity index (χ0v) is 12.1. The van der Waals surface area contributed by atoms with Crippen LogP contribution in [0.15, 0.2) is 41.0 Å². The number of hydrogen-bond acceptors (Lipinski definition) is 2. The molecule has 2 nitrogen and oxygen atoms in total. The van der Waals surface area contributed by atoms with Crippen LogP contribution in [-0.4, -0.2) is 5.11 Å². The Kier molecular flexibility index (Phi) is 3.81. The van der Waals surface area contributed by atoms with Gasteiger partial charge >= 0.3 is 0 Å². The van der Waals surface area contributed by atoms with Crippen LogP contribution < -0.4 is 0 Å². The summed E-state index contributed by atoms with van der Waals surface area (Å²) in [5, 5.41) is 10.2. The third-order valence-corrected chi connectivity index (χ3v) is 3.51. The Morgan fingerprint density at radius 3 is 2.21 bits per heavy atom. The number of hydrogen-bond donors (Lipinski definition) is 1. The van der Waals surface area contributed by atoms with E-state index in [1.54, 1.807) is 6.26 Å². The van der Waals surface area contributed by atoms with Crippen LogP contribution in [-0.2, 0) is 11.8 Å². The summed E-state index contributed by atoms with van der Waals surface area (Å²) in [5.74, 6) is 0.791. The van der Waals surface area contributed by atoms with Gasteiger partial charge < -0.3 is 9.52 Å². The molecular weight excluding hydrogens is 236 g/mol. The molecule has 2 aromatic rings. The molecule has 1 atom stereocenters. The maximum atomic E-state index is 10.2. The summed E-state index contributed by atoms with van der Waals surface area (Å²) in [6.45, 7) is 8.48. The second kappa shape index (κ2) is 5.22. The molecule has 1 unspecified atom stereocenters. The van der Waals surface area contributed by atoms with Gasteiger partial charge in [0.1, 0.15) is 5.76 Å². The summed E-state index contributed by atoms with van der Waals surface area (Å²) in [6, 6.07) is 10.3. The van der Waals surface area contributed by atoms with E-state index in [9.17, 15) is 5.11 Å². The number of aliphatic hydroxyl groups excluding tert-OH is 1. The van der Waals surface area contributed by atoms with Crippen LogP contribution in [0.5, 0.6) is 0 Å². The molecule has 1 aromatic carbocycles. The molecule has 0 amide bonds. The highest BCUT2D eigenvalue weighted by atomic mass is 16.3. The topological polar surface area (TPSA) is 33.4 Å². The van der Waals surface area contributed by atoms with Gasteiger partial charge in [0.2, 0.25) is 0 Å². The maximum absolute atomic E-state index is 10.2. The van der Waals surface area contributed by atoms with E-state index in [4.69, 9.17) is 4.42 Å². The first-order valence-corrected chi connectivity index (χ1v) is 6.69. The predicted molar refractivity (Wildman–Crippen MR) is 77.3 cm³/mol. The van der Waals surface area contributed by atoms with Crippen molar-refractivity contribution in [3.63, 3.8) is 0 Å². The molecule has 0 bridgehead atoms. The van der Waals surface area contributed by atoms with Crippen molar-refractivity contribution in [1.82, 2.24) is 0 Å². The van der Waals surface area contributed by atoms with Gasteiger partial charge in [-0.2, -0.15) is 0 Å². The number of aliphatic hydroxyl groups is 1. The van der Waals surface area contributed by atoms with E-state index < -0.39 is 6.10 Å². The van der Waals surface area contributed by atoms with E-state index in [-0.39, 0.29) is 5.41 Å². The third-order valence-electron chi connectivity index (χ3n) is 3.51. The highest BCUT2D eigenvalue weighted by Gasteiger charge is 2.15. The SMILES string of the molecule is Cc1occc1C(O)Cc1ccc(C(C)(C)C)cc1. The van der Waals surface area contributed by atoms with Crippen LogP contribution in [0.2, 0.25) is 0 Å². The van der Waals surface area contributed by atoms with Crippen molar-refractivity contribution in [2.24, 2.45) is 0 Å². The second-order valence-corrected chi connectivity index (χ2v) is 6.10. The molecule has 1 aromatic heterocycles. The zero-order chi connectivity index (χ0) is 14.0. The molecule has 0 aliphatic rings. The Balaban J connectivity index is 2.10. The molecule has 0 saturated heterocycles. The summed E-state index contributed by atoms with van der Waals surface area (Å²) in [4.78, 5) is 0. The van der Waals surface area contributed by atoms with Crippen LogP contribution in [0.25, 0.3) is 0 Å². The van der Waals surface area contributed by atoms with Crippen LogP contribution in [0.4, 0.5) is 0 Å². The monoisotopic (exact) mass is 258 g/mol. The molecular formula is C17H22O2. The lowest BCUT2D eigenvalue weighted by atomic mass is 9.86. The fourth-order valence-corrected chi connectivity index (χ4v) is 2.21. The Hall–Kier alpha value is -1.54. The van der Waals surface area contributed by atoms with E-state index in [0.717, 1.165) is 16.9 Å². The maximum Gasteiger partial charge on any atom is 0.106 e. The van der Waals surface area contributed by atoms with Crippen molar-refractivity contribution < 1.29 is 9.52 Å². The smallest absolute Gasteiger partial charge is 0.106 e. The fraction of sp³-hybridized carbons (Fsp3) is 0.412. The quantitative estimate of drug-likeness (QED) is 0.896. The number of rotatable bonds is 3. The van der Waals surface area contributed by atoms with E-state index >= 15 is 0 Å². The Labute approximate surface area is 115 Å². The first-order chi connectivity index (χ1) is 8.88. The Bertz CT molecular complexity index is 529. The molecule has 0 saturated carbocycles. The van der Waals surface area contributed by atoms with Crippen LogP contribution >= 0.6 is 0 Å². The van der Waals surface area contributed by atoms with E-state index in [2.05, 4.69) is 45.0 Å². The number of benzene rings is 1. The average Bonchev–Trinajstić information content (AvgIpc) is 2.75. The van der Waals surface area contributed by atoms with Gasteiger partial charge in [-0.25, -0.2) is 0 Å². The molecule has 0 aliphatic carbocycles. The van der Waals surface area contributed by atoms with Gasteiger partial charge in [0, 0.05) is 12.0 Å². The van der Waals surface area contributed by atoms with Gasteiger partial charge in [-0.1, -0.05) is 45.0 Å². The largest absolute Gasteiger partial charge is 0.469 e.